The fourth-order valence-corrected chi connectivity index (χ4v) is 2.35. The molecule has 0 radical (unpaired) electrons. The lowest BCUT2D eigenvalue weighted by Gasteiger charge is -2.08. The molecule has 0 heterocycles. The van der Waals surface area contributed by atoms with Gasteiger partial charge in [-0.1, -0.05) is 24.3 Å². The Kier molecular flexibility index (Phi) is 9.47. The highest BCUT2D eigenvalue weighted by Crippen LogP contribution is 2.28. The summed E-state index contributed by atoms with van der Waals surface area (Å²) in [6, 6.07) is 11.7. The number of benzene rings is 2. The van der Waals surface area contributed by atoms with Gasteiger partial charge in [-0.25, -0.2) is 0 Å². The SMILES string of the molecule is C=CCc1ccc(OC)c(OC)c1.C=CCc1ccc(OC)c(OC)c1. The maximum absolute atomic E-state index is 5.16. The van der Waals surface area contributed by atoms with Gasteiger partial charge in [-0.15, -0.1) is 13.2 Å². The van der Waals surface area contributed by atoms with E-state index in [4.69, 9.17) is 18.9 Å². The molecule has 4 nitrogen and oxygen atoms in total. The van der Waals surface area contributed by atoms with Crippen LogP contribution < -0.4 is 18.9 Å². The molecule has 0 spiro atoms. The summed E-state index contributed by atoms with van der Waals surface area (Å²) in [5.74, 6) is 3.05. The second-order valence-electron chi connectivity index (χ2n) is 5.36. The summed E-state index contributed by atoms with van der Waals surface area (Å²) in [4.78, 5) is 0. The molecule has 0 aliphatic heterocycles. The van der Waals surface area contributed by atoms with Gasteiger partial charge in [-0.3, -0.25) is 0 Å². The average Bonchev–Trinajstić information content (AvgIpc) is 2.68. The summed E-state index contributed by atoms with van der Waals surface area (Å²) in [6.45, 7) is 7.36. The van der Waals surface area contributed by atoms with Gasteiger partial charge in [0.25, 0.3) is 0 Å². The highest BCUT2D eigenvalue weighted by atomic mass is 16.5. The van der Waals surface area contributed by atoms with Gasteiger partial charge in [0.2, 0.25) is 0 Å². The molecule has 0 fully saturated rings. The van der Waals surface area contributed by atoms with Gasteiger partial charge < -0.3 is 18.9 Å². The summed E-state index contributed by atoms with van der Waals surface area (Å²) < 4.78 is 20.6. The molecule has 2 aromatic rings. The van der Waals surface area contributed by atoms with Gasteiger partial charge in [0.05, 0.1) is 28.4 Å². The van der Waals surface area contributed by atoms with Gasteiger partial charge in [0.1, 0.15) is 0 Å². The zero-order valence-corrected chi connectivity index (χ0v) is 16.1. The number of allylic oxidation sites excluding steroid dienone is 2. The fourth-order valence-electron chi connectivity index (χ4n) is 2.35. The van der Waals surface area contributed by atoms with Crippen molar-refractivity contribution in [3.63, 3.8) is 0 Å². The Bertz CT molecular complexity index is 646. The molecule has 0 aliphatic rings. The minimum atomic E-state index is 0.760. The molecule has 0 N–H and O–H groups in total. The standard InChI is InChI=1S/2C11H14O2/c2*1-4-5-9-6-7-10(12-2)11(8-9)13-3/h2*4,6-8H,1,5H2,2-3H3. The number of methoxy groups -OCH3 is 4. The molecule has 140 valence electrons. The van der Waals surface area contributed by atoms with E-state index in [9.17, 15) is 0 Å². The van der Waals surface area contributed by atoms with Gasteiger partial charge >= 0.3 is 0 Å². The molecule has 0 atom stereocenters. The Labute approximate surface area is 156 Å². The van der Waals surface area contributed by atoms with Gasteiger partial charge in [-0.05, 0) is 48.2 Å². The molecule has 0 amide bonds. The fraction of sp³-hybridized carbons (Fsp3) is 0.273. The van der Waals surface area contributed by atoms with Crippen LogP contribution in [0.1, 0.15) is 11.1 Å². The minimum Gasteiger partial charge on any atom is -0.493 e. The van der Waals surface area contributed by atoms with Gasteiger partial charge in [0.15, 0.2) is 23.0 Å². The van der Waals surface area contributed by atoms with E-state index in [1.165, 1.54) is 11.1 Å². The van der Waals surface area contributed by atoms with Crippen molar-refractivity contribution in [2.75, 3.05) is 28.4 Å². The van der Waals surface area contributed by atoms with Crippen molar-refractivity contribution in [3.05, 3.63) is 72.8 Å². The van der Waals surface area contributed by atoms with Crippen LogP contribution in [0.2, 0.25) is 0 Å². The third kappa shape index (κ3) is 6.20. The Morgan fingerprint density at radius 3 is 1.23 bits per heavy atom. The van der Waals surface area contributed by atoms with Crippen molar-refractivity contribution < 1.29 is 18.9 Å². The number of hydrogen-bond donors (Lipinski definition) is 0. The summed E-state index contributed by atoms with van der Waals surface area (Å²) in [6.07, 6.45) is 5.42. The first-order valence-corrected chi connectivity index (χ1v) is 8.27. The third-order valence-electron chi connectivity index (χ3n) is 3.66. The van der Waals surface area contributed by atoms with Crippen molar-refractivity contribution in [2.45, 2.75) is 12.8 Å². The Balaban J connectivity index is 0.000000260. The van der Waals surface area contributed by atoms with E-state index in [2.05, 4.69) is 13.2 Å². The zero-order chi connectivity index (χ0) is 19.4. The third-order valence-corrected chi connectivity index (χ3v) is 3.66. The predicted molar refractivity (Wildman–Crippen MR) is 107 cm³/mol. The highest BCUT2D eigenvalue weighted by Gasteiger charge is 2.03. The molecule has 0 bridgehead atoms. The first-order valence-electron chi connectivity index (χ1n) is 8.27. The summed E-state index contributed by atoms with van der Waals surface area (Å²) in [7, 11) is 6.53. The summed E-state index contributed by atoms with van der Waals surface area (Å²) >= 11 is 0. The van der Waals surface area contributed by atoms with Gasteiger partial charge in [-0.2, -0.15) is 0 Å². The minimum absolute atomic E-state index is 0.760. The van der Waals surface area contributed by atoms with Crippen LogP contribution in [0.15, 0.2) is 61.7 Å². The van der Waals surface area contributed by atoms with Crippen molar-refractivity contribution >= 4 is 0 Å². The van der Waals surface area contributed by atoms with E-state index in [1.54, 1.807) is 28.4 Å². The van der Waals surface area contributed by atoms with Gasteiger partial charge in [0, 0.05) is 0 Å². The van der Waals surface area contributed by atoms with Crippen LogP contribution in [0, 0.1) is 0 Å². The van der Waals surface area contributed by atoms with Crippen molar-refractivity contribution in [3.8, 4) is 23.0 Å². The lowest BCUT2D eigenvalue weighted by atomic mass is 10.1. The Hall–Kier alpha value is -2.88. The lowest BCUT2D eigenvalue weighted by Crippen LogP contribution is -1.91. The normalized spacial score (nSPS) is 9.38. The predicted octanol–water partition coefficient (Wildman–Crippen LogP) is 4.86. The van der Waals surface area contributed by atoms with Crippen LogP contribution in [-0.2, 0) is 12.8 Å². The number of hydrogen-bond acceptors (Lipinski definition) is 4. The number of ether oxygens (including phenoxy) is 4. The maximum Gasteiger partial charge on any atom is 0.160 e. The molecule has 0 saturated heterocycles. The first kappa shape index (κ1) is 21.2. The summed E-state index contributed by atoms with van der Waals surface area (Å²) in [5.41, 5.74) is 2.35. The van der Waals surface area contributed by atoms with E-state index in [0.29, 0.717) is 0 Å². The van der Waals surface area contributed by atoms with Crippen LogP contribution in [-0.4, -0.2) is 28.4 Å². The van der Waals surface area contributed by atoms with E-state index < -0.39 is 0 Å². The van der Waals surface area contributed by atoms with Crippen LogP contribution in [0.4, 0.5) is 0 Å². The van der Waals surface area contributed by atoms with Crippen LogP contribution in [0.25, 0.3) is 0 Å². The molecule has 4 heteroatoms. The topological polar surface area (TPSA) is 36.9 Å². The first-order chi connectivity index (χ1) is 12.6. The highest BCUT2D eigenvalue weighted by molar-refractivity contribution is 5.44. The number of rotatable bonds is 8. The Morgan fingerprint density at radius 1 is 0.615 bits per heavy atom. The maximum atomic E-state index is 5.16. The van der Waals surface area contributed by atoms with Crippen LogP contribution in [0.3, 0.4) is 0 Å². The molecule has 2 aromatic carbocycles. The molecule has 0 unspecified atom stereocenters. The Morgan fingerprint density at radius 2 is 0.962 bits per heavy atom. The largest absolute Gasteiger partial charge is 0.493 e. The monoisotopic (exact) mass is 356 g/mol. The molecule has 0 aromatic heterocycles. The summed E-state index contributed by atoms with van der Waals surface area (Å²) in [5, 5.41) is 0. The van der Waals surface area contributed by atoms with Crippen molar-refractivity contribution in [1.82, 2.24) is 0 Å². The van der Waals surface area contributed by atoms with E-state index in [1.807, 2.05) is 48.6 Å². The molecular formula is C22H28O4. The molecule has 0 saturated carbocycles. The average molecular weight is 356 g/mol. The molecular weight excluding hydrogens is 328 g/mol. The smallest absolute Gasteiger partial charge is 0.160 e. The van der Waals surface area contributed by atoms with E-state index in [0.717, 1.165) is 35.8 Å². The van der Waals surface area contributed by atoms with E-state index in [-0.39, 0.29) is 0 Å². The zero-order valence-electron chi connectivity index (χ0n) is 16.1. The van der Waals surface area contributed by atoms with Crippen molar-refractivity contribution in [1.29, 1.82) is 0 Å². The molecule has 26 heavy (non-hydrogen) atoms. The van der Waals surface area contributed by atoms with Crippen molar-refractivity contribution in [2.24, 2.45) is 0 Å². The quantitative estimate of drug-likeness (QED) is 0.633. The second kappa shape index (κ2) is 11.6. The van der Waals surface area contributed by atoms with Crippen LogP contribution >= 0.6 is 0 Å². The lowest BCUT2D eigenvalue weighted by molar-refractivity contribution is 0.354. The molecule has 0 aliphatic carbocycles. The van der Waals surface area contributed by atoms with E-state index >= 15 is 0 Å². The molecule has 2 rings (SSSR count). The second-order valence-corrected chi connectivity index (χ2v) is 5.36. The van der Waals surface area contributed by atoms with Crippen LogP contribution in [0.5, 0.6) is 23.0 Å².